The van der Waals surface area contributed by atoms with Gasteiger partial charge in [-0.1, -0.05) is 18.2 Å². The predicted octanol–water partition coefficient (Wildman–Crippen LogP) is 1.86. The van der Waals surface area contributed by atoms with Crippen molar-refractivity contribution in [2.45, 2.75) is 6.42 Å². The van der Waals surface area contributed by atoms with Crippen LogP contribution in [0.1, 0.15) is 15.9 Å². The zero-order valence-electron chi connectivity index (χ0n) is 13.6. The van der Waals surface area contributed by atoms with Gasteiger partial charge in [-0.3, -0.25) is 14.6 Å². The van der Waals surface area contributed by atoms with Gasteiger partial charge in [0.05, 0.1) is 12.0 Å². The Morgan fingerprint density at radius 3 is 2.72 bits per heavy atom. The van der Waals surface area contributed by atoms with E-state index in [0.717, 1.165) is 11.3 Å². The second kappa shape index (κ2) is 5.88. The molecule has 1 fully saturated rings. The molecule has 2 atom stereocenters. The lowest BCUT2D eigenvalue weighted by Gasteiger charge is -2.27. The molecule has 0 spiro atoms. The van der Waals surface area contributed by atoms with E-state index in [-0.39, 0.29) is 18.4 Å². The summed E-state index contributed by atoms with van der Waals surface area (Å²) in [6, 6.07) is 10.8. The molecule has 1 aromatic carbocycles. The highest BCUT2D eigenvalue weighted by molar-refractivity contribution is 5.95. The van der Waals surface area contributed by atoms with Crippen LogP contribution in [0.4, 0.5) is 0 Å². The van der Waals surface area contributed by atoms with E-state index in [9.17, 15) is 14.7 Å². The van der Waals surface area contributed by atoms with Gasteiger partial charge in [0.15, 0.2) is 0 Å². The van der Waals surface area contributed by atoms with E-state index in [4.69, 9.17) is 4.74 Å². The van der Waals surface area contributed by atoms with Crippen LogP contribution < -0.4 is 4.74 Å². The molecule has 1 amide bonds. The molecule has 1 aromatic heterocycles. The van der Waals surface area contributed by atoms with Crippen molar-refractivity contribution in [3.05, 3.63) is 59.9 Å². The van der Waals surface area contributed by atoms with E-state index >= 15 is 0 Å². The van der Waals surface area contributed by atoms with Gasteiger partial charge in [0, 0.05) is 37.0 Å². The zero-order chi connectivity index (χ0) is 17.4. The first-order valence-corrected chi connectivity index (χ1v) is 8.23. The molecule has 6 heteroatoms. The third-order valence-electron chi connectivity index (χ3n) is 5.25. The minimum Gasteiger partial charge on any atom is -0.493 e. The number of rotatable bonds is 2. The Morgan fingerprint density at radius 1 is 1.20 bits per heavy atom. The molecule has 1 N–H and O–H groups in total. The summed E-state index contributed by atoms with van der Waals surface area (Å²) >= 11 is 0. The van der Waals surface area contributed by atoms with Crippen LogP contribution in [-0.4, -0.2) is 46.6 Å². The predicted molar refractivity (Wildman–Crippen MR) is 89.3 cm³/mol. The molecule has 3 heterocycles. The van der Waals surface area contributed by atoms with E-state index in [1.165, 1.54) is 0 Å². The molecule has 2 aromatic rings. The number of carboxylic acid groups (broad SMARTS) is 1. The number of aliphatic carboxylic acids is 1. The fourth-order valence-electron chi connectivity index (χ4n) is 3.86. The van der Waals surface area contributed by atoms with Gasteiger partial charge in [0.2, 0.25) is 0 Å². The molecule has 25 heavy (non-hydrogen) atoms. The highest BCUT2D eigenvalue weighted by Gasteiger charge is 2.55. The average molecular weight is 338 g/mol. The van der Waals surface area contributed by atoms with Gasteiger partial charge in [0.1, 0.15) is 5.75 Å². The van der Waals surface area contributed by atoms with Crippen LogP contribution in [0.15, 0.2) is 48.8 Å². The quantitative estimate of drug-likeness (QED) is 0.904. The van der Waals surface area contributed by atoms with Crippen molar-refractivity contribution in [2.75, 3.05) is 19.7 Å². The minimum absolute atomic E-state index is 0.163. The lowest BCUT2D eigenvalue weighted by molar-refractivity contribution is -0.150. The monoisotopic (exact) mass is 338 g/mol. The standard InChI is InChI=1S/C19H18N2O4/c22-17(13-5-7-20-8-6-13)21-10-15-11-25-16-4-2-1-3-14(16)9-19(15,12-21)18(23)24/h1-8,15H,9-12H2,(H,23,24)/t15-,19+/m0/s1. The van der Waals surface area contributed by atoms with E-state index < -0.39 is 11.4 Å². The molecule has 0 aliphatic carbocycles. The summed E-state index contributed by atoms with van der Waals surface area (Å²) in [6.45, 7) is 0.858. The lowest BCUT2D eigenvalue weighted by Crippen LogP contribution is -2.42. The molecule has 0 saturated carbocycles. The number of para-hydroxylation sites is 1. The van der Waals surface area contributed by atoms with Gasteiger partial charge in [0.25, 0.3) is 5.91 Å². The number of benzene rings is 1. The third kappa shape index (κ3) is 2.54. The van der Waals surface area contributed by atoms with Gasteiger partial charge in [-0.2, -0.15) is 0 Å². The van der Waals surface area contributed by atoms with Crippen LogP contribution in [0.3, 0.4) is 0 Å². The summed E-state index contributed by atoms with van der Waals surface area (Å²) in [5.41, 5.74) is 0.383. The van der Waals surface area contributed by atoms with E-state index in [1.54, 1.807) is 29.4 Å². The van der Waals surface area contributed by atoms with Crippen molar-refractivity contribution in [2.24, 2.45) is 11.3 Å². The Labute approximate surface area is 145 Å². The minimum atomic E-state index is -1.02. The third-order valence-corrected chi connectivity index (χ3v) is 5.25. The fraction of sp³-hybridized carbons (Fsp3) is 0.316. The molecule has 128 valence electrons. The first-order valence-electron chi connectivity index (χ1n) is 8.23. The largest absolute Gasteiger partial charge is 0.493 e. The van der Waals surface area contributed by atoms with Crippen molar-refractivity contribution in [1.29, 1.82) is 0 Å². The maximum Gasteiger partial charge on any atom is 0.312 e. The van der Waals surface area contributed by atoms with Crippen molar-refractivity contribution in [3.8, 4) is 5.75 Å². The first kappa shape index (κ1) is 15.6. The summed E-state index contributed by atoms with van der Waals surface area (Å²) < 4.78 is 5.86. The van der Waals surface area contributed by atoms with Crippen molar-refractivity contribution in [1.82, 2.24) is 9.88 Å². The SMILES string of the molecule is O=C(c1ccncc1)N1C[C@H]2COc3ccccc3C[C@@]2(C(=O)O)C1. The Balaban J connectivity index is 1.67. The van der Waals surface area contributed by atoms with E-state index in [1.807, 2.05) is 24.3 Å². The van der Waals surface area contributed by atoms with Crippen LogP contribution in [0.25, 0.3) is 0 Å². The number of likely N-dealkylation sites (tertiary alicyclic amines) is 1. The Morgan fingerprint density at radius 2 is 1.96 bits per heavy atom. The number of nitrogens with zero attached hydrogens (tertiary/aromatic N) is 2. The van der Waals surface area contributed by atoms with E-state index in [2.05, 4.69) is 4.98 Å². The fourth-order valence-corrected chi connectivity index (χ4v) is 3.86. The number of hydrogen-bond donors (Lipinski definition) is 1. The first-order chi connectivity index (χ1) is 12.1. The van der Waals surface area contributed by atoms with Gasteiger partial charge in [-0.25, -0.2) is 0 Å². The number of aromatic nitrogens is 1. The van der Waals surface area contributed by atoms with Gasteiger partial charge in [-0.15, -0.1) is 0 Å². The summed E-state index contributed by atoms with van der Waals surface area (Å²) in [7, 11) is 0. The van der Waals surface area contributed by atoms with Crippen molar-refractivity contribution >= 4 is 11.9 Å². The Bertz CT molecular complexity index is 823. The Hall–Kier alpha value is -2.89. The topological polar surface area (TPSA) is 79.7 Å². The number of pyridine rings is 1. The number of carboxylic acids is 1. The number of fused-ring (bicyclic) bond motifs is 2. The summed E-state index contributed by atoms with van der Waals surface area (Å²) in [6.07, 6.45) is 3.49. The zero-order valence-corrected chi connectivity index (χ0v) is 13.6. The molecule has 0 unspecified atom stereocenters. The summed E-state index contributed by atoms with van der Waals surface area (Å²) in [5, 5.41) is 10.0. The van der Waals surface area contributed by atoms with Crippen LogP contribution >= 0.6 is 0 Å². The number of ether oxygens (including phenoxy) is 1. The van der Waals surface area contributed by atoms with Gasteiger partial charge in [-0.05, 0) is 30.2 Å². The maximum atomic E-state index is 12.8. The molecule has 2 aliphatic heterocycles. The van der Waals surface area contributed by atoms with E-state index in [0.29, 0.717) is 25.1 Å². The molecule has 4 rings (SSSR count). The van der Waals surface area contributed by atoms with Crippen LogP contribution in [0.5, 0.6) is 5.75 Å². The second-order valence-corrected chi connectivity index (χ2v) is 6.68. The molecule has 0 bridgehead atoms. The smallest absolute Gasteiger partial charge is 0.312 e. The number of amides is 1. The average Bonchev–Trinajstić information content (AvgIpc) is 2.93. The number of carbonyl (C=O) groups excluding carboxylic acids is 1. The molecule has 0 radical (unpaired) electrons. The number of carbonyl (C=O) groups is 2. The van der Waals surface area contributed by atoms with Gasteiger partial charge < -0.3 is 14.7 Å². The lowest BCUT2D eigenvalue weighted by atomic mass is 9.74. The molecule has 2 aliphatic rings. The number of hydrogen-bond acceptors (Lipinski definition) is 4. The van der Waals surface area contributed by atoms with Gasteiger partial charge >= 0.3 is 5.97 Å². The molecular formula is C19H18N2O4. The van der Waals surface area contributed by atoms with Crippen LogP contribution in [-0.2, 0) is 11.2 Å². The highest BCUT2D eigenvalue weighted by Crippen LogP contribution is 2.44. The van der Waals surface area contributed by atoms with Crippen molar-refractivity contribution in [3.63, 3.8) is 0 Å². The Kier molecular flexibility index (Phi) is 3.67. The van der Waals surface area contributed by atoms with Crippen LogP contribution in [0, 0.1) is 11.3 Å². The highest BCUT2D eigenvalue weighted by atomic mass is 16.5. The van der Waals surface area contributed by atoms with Crippen molar-refractivity contribution < 1.29 is 19.4 Å². The van der Waals surface area contributed by atoms with Crippen LogP contribution in [0.2, 0.25) is 0 Å². The summed E-state index contributed by atoms with van der Waals surface area (Å²) in [4.78, 5) is 30.5. The second-order valence-electron chi connectivity index (χ2n) is 6.68. The summed E-state index contributed by atoms with van der Waals surface area (Å²) in [5.74, 6) is -0.542. The molecule has 1 saturated heterocycles. The molecular weight excluding hydrogens is 320 g/mol. The normalized spacial score (nSPS) is 24.6. The maximum absolute atomic E-state index is 12.8. The molecule has 6 nitrogen and oxygen atoms in total.